The minimum absolute atomic E-state index is 0.503. The molecule has 4 nitrogen and oxygen atoms in total. The van der Waals surface area contributed by atoms with Crippen LogP contribution in [0.15, 0.2) is 23.2 Å². The van der Waals surface area contributed by atoms with Crippen molar-refractivity contribution in [3.8, 4) is 0 Å². The quantitative estimate of drug-likeness (QED) is 0.661. The van der Waals surface area contributed by atoms with Gasteiger partial charge >= 0.3 is 0 Å². The van der Waals surface area contributed by atoms with Crippen molar-refractivity contribution in [1.82, 2.24) is 4.90 Å². The normalized spacial score (nSPS) is 20.5. The van der Waals surface area contributed by atoms with E-state index < -0.39 is 0 Å². The fourth-order valence-electron chi connectivity index (χ4n) is 2.80. The SMILES string of the molecule is Cc1ccc(NC(N)=NCCN2CCCCC2C)cc1C. The van der Waals surface area contributed by atoms with E-state index in [4.69, 9.17) is 5.73 Å². The van der Waals surface area contributed by atoms with Crippen molar-refractivity contribution in [2.45, 2.75) is 46.1 Å². The van der Waals surface area contributed by atoms with Crippen LogP contribution in [0.2, 0.25) is 0 Å². The number of likely N-dealkylation sites (tertiary alicyclic amines) is 1. The monoisotopic (exact) mass is 288 g/mol. The Morgan fingerprint density at radius 3 is 2.86 bits per heavy atom. The van der Waals surface area contributed by atoms with Crippen molar-refractivity contribution in [1.29, 1.82) is 0 Å². The first-order valence-electron chi connectivity index (χ1n) is 7.94. The number of rotatable bonds is 4. The molecule has 4 heteroatoms. The van der Waals surface area contributed by atoms with Gasteiger partial charge in [0.2, 0.25) is 0 Å². The first-order valence-corrected chi connectivity index (χ1v) is 7.94. The molecule has 0 amide bonds. The van der Waals surface area contributed by atoms with Crippen LogP contribution in [0.3, 0.4) is 0 Å². The van der Waals surface area contributed by atoms with Crippen LogP contribution in [0.4, 0.5) is 5.69 Å². The topological polar surface area (TPSA) is 53.6 Å². The summed E-state index contributed by atoms with van der Waals surface area (Å²) in [5.74, 6) is 0.503. The molecular weight excluding hydrogens is 260 g/mol. The third-order valence-electron chi connectivity index (χ3n) is 4.39. The van der Waals surface area contributed by atoms with Gasteiger partial charge in [0.05, 0.1) is 6.54 Å². The zero-order valence-corrected chi connectivity index (χ0v) is 13.5. The molecule has 2 rings (SSSR count). The van der Waals surface area contributed by atoms with Gasteiger partial charge in [-0.1, -0.05) is 12.5 Å². The fraction of sp³-hybridized carbons (Fsp3) is 0.588. The molecule has 1 heterocycles. The van der Waals surface area contributed by atoms with Crippen molar-refractivity contribution >= 4 is 11.6 Å². The second kappa shape index (κ2) is 7.46. The molecule has 1 saturated heterocycles. The second-order valence-corrected chi connectivity index (χ2v) is 6.07. The van der Waals surface area contributed by atoms with Crippen LogP contribution in [0.25, 0.3) is 0 Å². The minimum atomic E-state index is 0.503. The third kappa shape index (κ3) is 4.74. The van der Waals surface area contributed by atoms with E-state index >= 15 is 0 Å². The van der Waals surface area contributed by atoms with Crippen molar-refractivity contribution in [3.63, 3.8) is 0 Å². The maximum absolute atomic E-state index is 5.96. The number of nitrogens with zero attached hydrogens (tertiary/aromatic N) is 2. The van der Waals surface area contributed by atoms with Gasteiger partial charge < -0.3 is 11.1 Å². The molecule has 0 saturated carbocycles. The summed E-state index contributed by atoms with van der Waals surface area (Å²) in [4.78, 5) is 6.95. The van der Waals surface area contributed by atoms with Crippen LogP contribution in [-0.2, 0) is 0 Å². The minimum Gasteiger partial charge on any atom is -0.370 e. The second-order valence-electron chi connectivity index (χ2n) is 6.07. The number of piperidine rings is 1. The van der Waals surface area contributed by atoms with E-state index in [0.717, 1.165) is 18.8 Å². The molecule has 0 radical (unpaired) electrons. The van der Waals surface area contributed by atoms with Gasteiger partial charge in [-0.15, -0.1) is 0 Å². The summed E-state index contributed by atoms with van der Waals surface area (Å²) >= 11 is 0. The third-order valence-corrected chi connectivity index (χ3v) is 4.39. The first kappa shape index (κ1) is 15.8. The lowest BCUT2D eigenvalue weighted by Crippen LogP contribution is -2.39. The lowest BCUT2D eigenvalue weighted by atomic mass is 10.0. The number of benzene rings is 1. The van der Waals surface area contributed by atoms with Gasteiger partial charge in [0, 0.05) is 18.3 Å². The molecule has 0 aliphatic carbocycles. The van der Waals surface area contributed by atoms with Gasteiger partial charge in [0.25, 0.3) is 0 Å². The van der Waals surface area contributed by atoms with Crippen LogP contribution >= 0.6 is 0 Å². The van der Waals surface area contributed by atoms with Crippen LogP contribution in [0.5, 0.6) is 0 Å². The standard InChI is InChI=1S/C17H28N4/c1-13-7-8-16(12-14(13)2)20-17(18)19-9-11-21-10-5-4-6-15(21)3/h7-8,12,15H,4-6,9-11H2,1-3H3,(H3,18,19,20). The van der Waals surface area contributed by atoms with Gasteiger partial charge in [-0.2, -0.15) is 0 Å². The van der Waals surface area contributed by atoms with E-state index in [9.17, 15) is 0 Å². The predicted molar refractivity (Wildman–Crippen MR) is 90.9 cm³/mol. The van der Waals surface area contributed by atoms with Gasteiger partial charge in [0.15, 0.2) is 5.96 Å². The molecule has 0 bridgehead atoms. The molecule has 1 unspecified atom stereocenters. The highest BCUT2D eigenvalue weighted by molar-refractivity contribution is 5.92. The molecule has 1 aromatic rings. The Labute approximate surface area is 128 Å². The number of nitrogens with two attached hydrogens (primary N) is 1. The highest BCUT2D eigenvalue weighted by Crippen LogP contribution is 2.16. The van der Waals surface area contributed by atoms with Crippen LogP contribution in [0.1, 0.15) is 37.3 Å². The number of hydrogen-bond acceptors (Lipinski definition) is 2. The Morgan fingerprint density at radius 1 is 1.33 bits per heavy atom. The van der Waals surface area contributed by atoms with E-state index in [1.54, 1.807) is 0 Å². The molecule has 3 N–H and O–H groups in total. The summed E-state index contributed by atoms with van der Waals surface area (Å²) in [7, 11) is 0. The molecular formula is C17H28N4. The zero-order chi connectivity index (χ0) is 15.2. The molecule has 0 aromatic heterocycles. The number of guanidine groups is 1. The number of hydrogen-bond donors (Lipinski definition) is 2. The summed E-state index contributed by atoms with van der Waals surface area (Å²) < 4.78 is 0. The fourth-order valence-corrected chi connectivity index (χ4v) is 2.80. The highest BCUT2D eigenvalue weighted by Gasteiger charge is 2.16. The Hall–Kier alpha value is -1.55. The smallest absolute Gasteiger partial charge is 0.193 e. The van der Waals surface area contributed by atoms with Crippen molar-refractivity contribution in [3.05, 3.63) is 29.3 Å². The molecule has 1 atom stereocenters. The molecule has 0 spiro atoms. The van der Waals surface area contributed by atoms with Crippen LogP contribution in [-0.4, -0.2) is 36.5 Å². The van der Waals surface area contributed by atoms with E-state index in [-0.39, 0.29) is 0 Å². The Bertz CT molecular complexity index is 496. The predicted octanol–water partition coefficient (Wildman–Crippen LogP) is 2.90. The summed E-state index contributed by atoms with van der Waals surface area (Å²) in [5, 5.41) is 3.17. The lowest BCUT2D eigenvalue weighted by molar-refractivity contribution is 0.166. The van der Waals surface area contributed by atoms with Crippen LogP contribution < -0.4 is 11.1 Å². The summed E-state index contributed by atoms with van der Waals surface area (Å²) in [5.41, 5.74) is 9.52. The molecule has 116 valence electrons. The summed E-state index contributed by atoms with van der Waals surface area (Å²) in [6.45, 7) is 9.47. The average Bonchev–Trinajstić information content (AvgIpc) is 2.45. The number of aliphatic imine (C=N–C) groups is 1. The number of anilines is 1. The van der Waals surface area contributed by atoms with Gasteiger partial charge in [-0.05, 0) is 63.4 Å². The maximum atomic E-state index is 5.96. The van der Waals surface area contributed by atoms with Gasteiger partial charge in [-0.25, -0.2) is 0 Å². The lowest BCUT2D eigenvalue weighted by Gasteiger charge is -2.32. The van der Waals surface area contributed by atoms with Crippen molar-refractivity contribution in [2.24, 2.45) is 10.7 Å². The molecule has 1 aliphatic rings. The van der Waals surface area contributed by atoms with Crippen molar-refractivity contribution < 1.29 is 0 Å². The first-order chi connectivity index (χ1) is 10.1. The summed E-state index contributed by atoms with van der Waals surface area (Å²) in [6.07, 6.45) is 3.97. The van der Waals surface area contributed by atoms with E-state index in [1.165, 1.54) is 36.9 Å². The maximum Gasteiger partial charge on any atom is 0.193 e. The molecule has 1 aliphatic heterocycles. The van der Waals surface area contributed by atoms with Crippen LogP contribution in [0, 0.1) is 13.8 Å². The molecule has 1 fully saturated rings. The van der Waals surface area contributed by atoms with Gasteiger partial charge in [-0.3, -0.25) is 9.89 Å². The number of nitrogens with one attached hydrogen (secondary N) is 1. The largest absolute Gasteiger partial charge is 0.370 e. The zero-order valence-electron chi connectivity index (χ0n) is 13.5. The van der Waals surface area contributed by atoms with E-state index in [0.29, 0.717) is 12.0 Å². The highest BCUT2D eigenvalue weighted by atomic mass is 15.2. The van der Waals surface area contributed by atoms with E-state index in [2.05, 4.69) is 48.1 Å². The Balaban J connectivity index is 1.82. The molecule has 1 aromatic carbocycles. The van der Waals surface area contributed by atoms with E-state index in [1.807, 2.05) is 6.07 Å². The number of aryl methyl sites for hydroxylation is 2. The van der Waals surface area contributed by atoms with Gasteiger partial charge in [0.1, 0.15) is 0 Å². The summed E-state index contributed by atoms with van der Waals surface area (Å²) in [6, 6.07) is 6.92. The Kier molecular flexibility index (Phi) is 5.62. The van der Waals surface area contributed by atoms with Crippen molar-refractivity contribution in [2.75, 3.05) is 25.0 Å². The Morgan fingerprint density at radius 2 is 2.14 bits per heavy atom. The molecule has 21 heavy (non-hydrogen) atoms. The average molecular weight is 288 g/mol.